The molecule has 150 valence electrons. The first-order valence-corrected chi connectivity index (χ1v) is 13.4. The van der Waals surface area contributed by atoms with Gasteiger partial charge in [0, 0.05) is 26.7 Å². The molecule has 0 radical (unpaired) electrons. The van der Waals surface area contributed by atoms with Crippen LogP contribution in [0.5, 0.6) is 0 Å². The number of benzene rings is 1. The van der Waals surface area contributed by atoms with Gasteiger partial charge in [-0.05, 0) is 10.6 Å². The van der Waals surface area contributed by atoms with Crippen molar-refractivity contribution in [2.75, 3.05) is 14.1 Å². The van der Waals surface area contributed by atoms with Gasteiger partial charge in [-0.25, -0.2) is 8.96 Å². The Hall–Kier alpha value is -1.48. The van der Waals surface area contributed by atoms with Crippen LogP contribution in [0.1, 0.15) is 38.1 Å². The van der Waals surface area contributed by atoms with Crippen molar-refractivity contribution in [3.05, 3.63) is 47.8 Å². The maximum Gasteiger partial charge on any atom is 0.308 e. The zero-order chi connectivity index (χ0) is 20.6. The Morgan fingerprint density at radius 3 is 2.22 bits per heavy atom. The largest absolute Gasteiger partial charge is 0.386 e. The van der Waals surface area contributed by atoms with Crippen molar-refractivity contribution in [1.82, 2.24) is 13.3 Å². The molecule has 1 N–H and O–H groups in total. The fraction of sp³-hybridized carbons (Fsp3) is 0.526. The second-order valence-electron chi connectivity index (χ2n) is 8.66. The summed E-state index contributed by atoms with van der Waals surface area (Å²) in [5.41, 5.74) is 1.93. The van der Waals surface area contributed by atoms with Crippen LogP contribution >= 0.6 is 0 Å². The maximum absolute atomic E-state index is 12.9. The van der Waals surface area contributed by atoms with Crippen molar-refractivity contribution < 1.29 is 13.5 Å². The highest BCUT2D eigenvalue weighted by Crippen LogP contribution is 2.36. The number of hydrogen-bond donors (Lipinski definition) is 1. The molecule has 8 heteroatoms. The summed E-state index contributed by atoms with van der Waals surface area (Å²) in [6, 6.07) is 9.62. The van der Waals surface area contributed by atoms with Crippen molar-refractivity contribution in [2.45, 2.75) is 51.4 Å². The van der Waals surface area contributed by atoms with Gasteiger partial charge in [0.15, 0.2) is 0 Å². The molecule has 27 heavy (non-hydrogen) atoms. The fourth-order valence-corrected chi connectivity index (χ4v) is 6.16. The lowest BCUT2D eigenvalue weighted by atomic mass is 10.1. The lowest BCUT2D eigenvalue weighted by Gasteiger charge is -2.36. The SMILES string of the molecule is CN(C)S(=O)(=O)n1cc(C(O)Cc2ccccc2)nc1[Si](C)(C)C(C)(C)C. The lowest BCUT2D eigenvalue weighted by molar-refractivity contribution is 0.174. The summed E-state index contributed by atoms with van der Waals surface area (Å²) in [6.45, 7) is 10.6. The predicted molar refractivity (Wildman–Crippen MR) is 112 cm³/mol. The Labute approximate surface area is 164 Å². The van der Waals surface area contributed by atoms with Crippen molar-refractivity contribution in [3.63, 3.8) is 0 Å². The Morgan fingerprint density at radius 2 is 1.74 bits per heavy atom. The zero-order valence-electron chi connectivity index (χ0n) is 17.3. The molecule has 2 aromatic rings. The number of aromatic nitrogens is 2. The van der Waals surface area contributed by atoms with Crippen molar-refractivity contribution in [2.24, 2.45) is 0 Å². The van der Waals surface area contributed by atoms with E-state index in [0.717, 1.165) is 5.56 Å². The van der Waals surface area contributed by atoms with Crippen LogP contribution in [0, 0.1) is 0 Å². The Kier molecular flexibility index (Phi) is 6.06. The number of aliphatic hydroxyl groups excluding tert-OH is 1. The third-order valence-corrected chi connectivity index (χ3v) is 12.5. The molecule has 0 fully saturated rings. The van der Waals surface area contributed by atoms with Crippen molar-refractivity contribution in [1.29, 1.82) is 0 Å². The number of imidazole rings is 1. The molecule has 0 saturated carbocycles. The van der Waals surface area contributed by atoms with Gasteiger partial charge in [0.2, 0.25) is 0 Å². The molecule has 0 saturated heterocycles. The van der Waals surface area contributed by atoms with Gasteiger partial charge in [-0.1, -0.05) is 64.2 Å². The Balaban J connectivity index is 2.56. The standard InChI is InChI=1S/C19H31N3O3SSi/c1-19(2,3)27(6,7)18-20-16(14-22(18)26(24,25)21(4)5)17(23)13-15-11-9-8-10-12-15/h8-12,14,17,23H,13H2,1-7H3. The minimum Gasteiger partial charge on any atom is -0.386 e. The predicted octanol–water partition coefficient (Wildman–Crippen LogP) is 2.53. The fourth-order valence-electron chi connectivity index (χ4n) is 2.59. The molecule has 0 aliphatic rings. The Bertz CT molecular complexity index is 885. The van der Waals surface area contributed by atoms with E-state index in [1.807, 2.05) is 30.3 Å². The summed E-state index contributed by atoms with van der Waals surface area (Å²) in [7, 11) is -2.98. The van der Waals surface area contributed by atoms with Crippen LogP contribution in [0.4, 0.5) is 0 Å². The molecular weight excluding hydrogens is 378 g/mol. The molecule has 1 aromatic heterocycles. The topological polar surface area (TPSA) is 75.4 Å². The summed E-state index contributed by atoms with van der Waals surface area (Å²) in [6.07, 6.45) is 1.00. The first-order chi connectivity index (χ1) is 12.3. The molecule has 1 atom stereocenters. The van der Waals surface area contributed by atoms with E-state index >= 15 is 0 Å². The lowest BCUT2D eigenvalue weighted by Crippen LogP contribution is -2.56. The minimum atomic E-state index is -3.73. The third kappa shape index (κ3) is 4.34. The first-order valence-electron chi connectivity index (χ1n) is 9.03. The van der Waals surface area contributed by atoms with Gasteiger partial charge >= 0.3 is 10.2 Å². The van der Waals surface area contributed by atoms with Gasteiger partial charge in [-0.3, -0.25) is 0 Å². The smallest absolute Gasteiger partial charge is 0.308 e. The van der Waals surface area contributed by atoms with Crippen molar-refractivity contribution in [3.8, 4) is 0 Å². The van der Waals surface area contributed by atoms with Crippen LogP contribution in [-0.2, 0) is 16.6 Å². The minimum absolute atomic E-state index is 0.0976. The number of hydrogen-bond acceptors (Lipinski definition) is 4. The highest BCUT2D eigenvalue weighted by molar-refractivity contribution is 7.87. The highest BCUT2D eigenvalue weighted by Gasteiger charge is 2.43. The normalized spacial score (nSPS) is 14.6. The number of aliphatic hydroxyl groups is 1. The molecule has 1 heterocycles. The third-order valence-electron chi connectivity index (χ3n) is 5.45. The Morgan fingerprint density at radius 1 is 1.19 bits per heavy atom. The van der Waals surface area contributed by atoms with Crippen LogP contribution in [0.3, 0.4) is 0 Å². The van der Waals surface area contributed by atoms with Gasteiger partial charge in [0.25, 0.3) is 0 Å². The molecule has 0 spiro atoms. The van der Waals surface area contributed by atoms with Gasteiger partial charge in [-0.15, -0.1) is 0 Å². The average molecular weight is 410 g/mol. The second-order valence-corrected chi connectivity index (χ2v) is 15.9. The van der Waals surface area contributed by atoms with E-state index in [1.165, 1.54) is 28.6 Å². The average Bonchev–Trinajstić information content (AvgIpc) is 3.01. The van der Waals surface area contributed by atoms with Gasteiger partial charge in [-0.2, -0.15) is 12.7 Å². The van der Waals surface area contributed by atoms with Gasteiger partial charge < -0.3 is 5.11 Å². The molecule has 1 aromatic carbocycles. The number of rotatable bonds is 6. The van der Waals surface area contributed by atoms with Gasteiger partial charge in [0.05, 0.1) is 5.69 Å². The molecule has 6 nitrogen and oxygen atoms in total. The monoisotopic (exact) mass is 409 g/mol. The molecule has 1 unspecified atom stereocenters. The van der Waals surface area contributed by atoms with E-state index in [1.54, 1.807) is 0 Å². The molecule has 0 aliphatic carbocycles. The summed E-state index contributed by atoms with van der Waals surface area (Å²) in [5, 5.41) is 10.6. The highest BCUT2D eigenvalue weighted by atomic mass is 32.2. The molecule has 0 aliphatic heterocycles. The summed E-state index contributed by atoms with van der Waals surface area (Å²) in [4.78, 5) is 4.66. The van der Waals surface area contributed by atoms with E-state index in [0.29, 0.717) is 17.6 Å². The van der Waals surface area contributed by atoms with Crippen molar-refractivity contribution >= 4 is 23.7 Å². The van der Waals surface area contributed by atoms with Crippen LogP contribution < -0.4 is 5.45 Å². The second kappa shape index (κ2) is 7.50. The van der Waals surface area contributed by atoms with E-state index in [2.05, 4.69) is 38.8 Å². The van der Waals surface area contributed by atoms with Crippen LogP contribution in [0.2, 0.25) is 18.1 Å². The molecular formula is C19H31N3O3SSi. The van der Waals surface area contributed by atoms with Gasteiger partial charge in [0.1, 0.15) is 19.6 Å². The molecule has 0 bridgehead atoms. The quantitative estimate of drug-likeness (QED) is 0.744. The van der Waals surface area contributed by atoms with Crippen LogP contribution in [0.15, 0.2) is 36.5 Å². The van der Waals surface area contributed by atoms with E-state index in [4.69, 9.17) is 0 Å². The molecule has 2 rings (SSSR count). The van der Waals surface area contributed by atoms with Crippen LogP contribution in [0.25, 0.3) is 0 Å². The maximum atomic E-state index is 12.9. The first kappa shape index (κ1) is 21.8. The summed E-state index contributed by atoms with van der Waals surface area (Å²) in [5.74, 6) is 0. The van der Waals surface area contributed by atoms with Crippen LogP contribution in [-0.4, -0.2) is 49.0 Å². The zero-order valence-corrected chi connectivity index (χ0v) is 19.1. The van der Waals surface area contributed by atoms with E-state index in [9.17, 15) is 13.5 Å². The van der Waals surface area contributed by atoms with E-state index < -0.39 is 24.4 Å². The van der Waals surface area contributed by atoms with E-state index in [-0.39, 0.29) is 5.04 Å². The summed E-state index contributed by atoms with van der Waals surface area (Å²) >= 11 is 0. The summed E-state index contributed by atoms with van der Waals surface area (Å²) < 4.78 is 28.3. The molecule has 0 amide bonds. The number of nitrogens with zero attached hydrogens (tertiary/aromatic N) is 3.